The fourth-order valence-corrected chi connectivity index (χ4v) is 3.31. The van der Waals surface area contributed by atoms with Crippen LogP contribution in [0.15, 0.2) is 30.7 Å². The molecule has 0 aliphatic carbocycles. The van der Waals surface area contributed by atoms with Crippen molar-refractivity contribution >= 4 is 0 Å². The van der Waals surface area contributed by atoms with Crippen LogP contribution in [0.5, 0.6) is 5.75 Å². The van der Waals surface area contributed by atoms with Crippen LogP contribution in [0.25, 0.3) is 0 Å². The first kappa shape index (κ1) is 17.9. The van der Waals surface area contributed by atoms with Crippen molar-refractivity contribution < 1.29 is 4.74 Å². The first-order chi connectivity index (χ1) is 12.0. The zero-order valence-corrected chi connectivity index (χ0v) is 15.7. The van der Waals surface area contributed by atoms with E-state index in [0.717, 1.165) is 49.9 Å². The zero-order valence-electron chi connectivity index (χ0n) is 15.7. The summed E-state index contributed by atoms with van der Waals surface area (Å²) in [5.41, 5.74) is 1.04. The fourth-order valence-electron chi connectivity index (χ4n) is 3.31. The van der Waals surface area contributed by atoms with Crippen molar-refractivity contribution in [1.82, 2.24) is 24.3 Å². The number of hydrogen-bond acceptors (Lipinski definition) is 5. The average Bonchev–Trinajstić information content (AvgIpc) is 3.17. The van der Waals surface area contributed by atoms with Crippen LogP contribution in [0.2, 0.25) is 0 Å². The summed E-state index contributed by atoms with van der Waals surface area (Å²) in [5, 5.41) is 0. The molecule has 1 fully saturated rings. The summed E-state index contributed by atoms with van der Waals surface area (Å²) in [5.74, 6) is 2.05. The van der Waals surface area contributed by atoms with Gasteiger partial charge in [0, 0.05) is 50.3 Å². The molecule has 136 valence electrons. The molecule has 6 nitrogen and oxygen atoms in total. The minimum Gasteiger partial charge on any atom is -0.489 e. The summed E-state index contributed by atoms with van der Waals surface area (Å²) in [6.07, 6.45) is 7.07. The van der Waals surface area contributed by atoms with E-state index in [4.69, 9.17) is 4.74 Å². The summed E-state index contributed by atoms with van der Waals surface area (Å²) in [6.45, 7) is 8.08. The fraction of sp³-hybridized carbons (Fsp3) is 0.579. The van der Waals surface area contributed by atoms with E-state index in [1.54, 1.807) is 0 Å². The van der Waals surface area contributed by atoms with Gasteiger partial charge in [-0.25, -0.2) is 4.98 Å². The first-order valence-electron chi connectivity index (χ1n) is 9.01. The van der Waals surface area contributed by atoms with Crippen molar-refractivity contribution in [1.29, 1.82) is 0 Å². The molecule has 2 aromatic rings. The molecule has 0 amide bonds. The van der Waals surface area contributed by atoms with Crippen molar-refractivity contribution in [3.05, 3.63) is 42.2 Å². The molecule has 25 heavy (non-hydrogen) atoms. The van der Waals surface area contributed by atoms with E-state index in [1.807, 2.05) is 38.6 Å². The number of pyridine rings is 1. The Labute approximate surface area is 150 Å². The second kappa shape index (κ2) is 7.97. The molecule has 0 aromatic carbocycles. The third-order valence-corrected chi connectivity index (χ3v) is 4.47. The summed E-state index contributed by atoms with van der Waals surface area (Å²) in [4.78, 5) is 13.5. The van der Waals surface area contributed by atoms with Gasteiger partial charge in [-0.2, -0.15) is 0 Å². The molecule has 1 saturated heterocycles. The van der Waals surface area contributed by atoms with Crippen molar-refractivity contribution in [2.24, 2.45) is 0 Å². The van der Waals surface area contributed by atoms with Crippen LogP contribution < -0.4 is 4.74 Å². The Kier molecular flexibility index (Phi) is 5.71. The van der Waals surface area contributed by atoms with Gasteiger partial charge in [-0.15, -0.1) is 0 Å². The van der Waals surface area contributed by atoms with Crippen LogP contribution >= 0.6 is 0 Å². The lowest BCUT2D eigenvalue weighted by atomic mass is 10.3. The standard InChI is InChI=1S/C19H29N5O/c1-15(2)24-10-8-21-19(24)14-23-9-6-18(13-23)25-17-5-7-20-16(11-17)12-22(3)4/h5,7-8,10-11,15,18H,6,9,12-14H2,1-4H3. The Morgan fingerprint density at radius 1 is 1.28 bits per heavy atom. The minimum atomic E-state index is 0.233. The van der Waals surface area contributed by atoms with Crippen LogP contribution in [-0.2, 0) is 13.1 Å². The molecule has 0 bridgehead atoms. The molecule has 1 unspecified atom stereocenters. The summed E-state index contributed by atoms with van der Waals surface area (Å²) >= 11 is 0. The van der Waals surface area contributed by atoms with Crippen molar-refractivity contribution in [2.45, 2.75) is 45.5 Å². The Bertz CT molecular complexity index is 682. The Balaban J connectivity index is 1.55. The average molecular weight is 343 g/mol. The topological polar surface area (TPSA) is 46.4 Å². The smallest absolute Gasteiger partial charge is 0.123 e. The molecule has 0 radical (unpaired) electrons. The number of likely N-dealkylation sites (tertiary alicyclic amines) is 1. The van der Waals surface area contributed by atoms with E-state index in [1.165, 1.54) is 0 Å². The van der Waals surface area contributed by atoms with Gasteiger partial charge in [-0.3, -0.25) is 9.88 Å². The van der Waals surface area contributed by atoms with Gasteiger partial charge in [0.05, 0.1) is 12.2 Å². The lowest BCUT2D eigenvalue weighted by Gasteiger charge is -2.19. The Morgan fingerprint density at radius 2 is 2.12 bits per heavy atom. The number of nitrogens with zero attached hydrogens (tertiary/aromatic N) is 5. The molecule has 0 N–H and O–H groups in total. The maximum atomic E-state index is 6.20. The number of hydrogen-bond donors (Lipinski definition) is 0. The predicted molar refractivity (Wildman–Crippen MR) is 98.6 cm³/mol. The minimum absolute atomic E-state index is 0.233. The quantitative estimate of drug-likeness (QED) is 0.773. The van der Waals surface area contributed by atoms with Gasteiger partial charge in [0.2, 0.25) is 0 Å². The van der Waals surface area contributed by atoms with Crippen LogP contribution in [0.1, 0.15) is 37.8 Å². The van der Waals surface area contributed by atoms with Crippen molar-refractivity contribution in [3.8, 4) is 5.75 Å². The summed E-state index contributed by atoms with van der Waals surface area (Å²) < 4.78 is 8.44. The van der Waals surface area contributed by atoms with Crippen LogP contribution in [0, 0.1) is 0 Å². The van der Waals surface area contributed by atoms with Crippen LogP contribution in [0.3, 0.4) is 0 Å². The second-order valence-corrected chi connectivity index (χ2v) is 7.33. The maximum absolute atomic E-state index is 6.20. The van der Waals surface area contributed by atoms with Gasteiger partial charge < -0.3 is 14.2 Å². The molecule has 3 heterocycles. The van der Waals surface area contributed by atoms with E-state index in [2.05, 4.69) is 44.4 Å². The predicted octanol–water partition coefficient (Wildman–Crippen LogP) is 2.57. The largest absolute Gasteiger partial charge is 0.489 e. The van der Waals surface area contributed by atoms with E-state index in [9.17, 15) is 0 Å². The van der Waals surface area contributed by atoms with Gasteiger partial charge >= 0.3 is 0 Å². The highest BCUT2D eigenvalue weighted by molar-refractivity contribution is 5.23. The normalized spacial score (nSPS) is 18.4. The number of aromatic nitrogens is 3. The van der Waals surface area contributed by atoms with Gasteiger partial charge in [0.25, 0.3) is 0 Å². The van der Waals surface area contributed by atoms with Gasteiger partial charge in [0.1, 0.15) is 17.7 Å². The van der Waals surface area contributed by atoms with E-state index < -0.39 is 0 Å². The zero-order chi connectivity index (χ0) is 17.8. The molecule has 2 aromatic heterocycles. The number of ether oxygens (including phenoxy) is 1. The molecule has 6 heteroatoms. The van der Waals surface area contributed by atoms with E-state index in [0.29, 0.717) is 6.04 Å². The van der Waals surface area contributed by atoms with Crippen LogP contribution in [0.4, 0.5) is 0 Å². The number of rotatable bonds is 7. The van der Waals surface area contributed by atoms with Gasteiger partial charge in [-0.05, 0) is 40.4 Å². The highest BCUT2D eigenvalue weighted by Gasteiger charge is 2.25. The van der Waals surface area contributed by atoms with Crippen molar-refractivity contribution in [2.75, 3.05) is 27.2 Å². The lowest BCUT2D eigenvalue weighted by Crippen LogP contribution is -2.26. The first-order valence-corrected chi connectivity index (χ1v) is 9.01. The molecular weight excluding hydrogens is 314 g/mol. The molecule has 0 spiro atoms. The highest BCUT2D eigenvalue weighted by Crippen LogP contribution is 2.21. The summed E-state index contributed by atoms with van der Waals surface area (Å²) in [6, 6.07) is 4.45. The third kappa shape index (κ3) is 4.80. The molecule has 1 atom stereocenters. The molecule has 1 aliphatic heterocycles. The Hall–Kier alpha value is -1.92. The highest BCUT2D eigenvalue weighted by atomic mass is 16.5. The number of imidazole rings is 1. The van der Waals surface area contributed by atoms with Crippen LogP contribution in [-0.4, -0.2) is 57.6 Å². The molecule has 1 aliphatic rings. The SMILES string of the molecule is CC(C)n1ccnc1CN1CCC(Oc2ccnc(CN(C)C)c2)C1. The summed E-state index contributed by atoms with van der Waals surface area (Å²) in [7, 11) is 4.09. The Morgan fingerprint density at radius 3 is 2.88 bits per heavy atom. The maximum Gasteiger partial charge on any atom is 0.123 e. The molecular formula is C19H29N5O. The third-order valence-electron chi connectivity index (χ3n) is 4.47. The van der Waals surface area contributed by atoms with Crippen molar-refractivity contribution in [3.63, 3.8) is 0 Å². The van der Waals surface area contributed by atoms with Gasteiger partial charge in [-0.1, -0.05) is 0 Å². The van der Waals surface area contributed by atoms with E-state index >= 15 is 0 Å². The van der Waals surface area contributed by atoms with E-state index in [-0.39, 0.29) is 6.10 Å². The second-order valence-electron chi connectivity index (χ2n) is 7.33. The molecule has 3 rings (SSSR count). The monoisotopic (exact) mass is 343 g/mol. The molecule has 0 saturated carbocycles. The van der Waals surface area contributed by atoms with Gasteiger partial charge in [0.15, 0.2) is 0 Å². The lowest BCUT2D eigenvalue weighted by molar-refractivity contribution is 0.196.